The van der Waals surface area contributed by atoms with Crippen molar-refractivity contribution in [1.82, 2.24) is 4.98 Å². The zero-order valence-electron chi connectivity index (χ0n) is 17.1. The molecule has 12 heteroatoms. The Bertz CT molecular complexity index is 1280. The second-order valence-corrected chi connectivity index (χ2v) is 10.3. The maximum Gasteiger partial charge on any atom is 0.200 e. The first-order chi connectivity index (χ1) is 15.7. The molecule has 1 saturated heterocycles. The number of thiazole rings is 1. The number of para-hydroxylation sites is 1. The maximum absolute atomic E-state index is 14.1. The van der Waals surface area contributed by atoms with Gasteiger partial charge < -0.3 is 9.64 Å². The van der Waals surface area contributed by atoms with Gasteiger partial charge in [0.1, 0.15) is 10.6 Å². The molecule has 0 atom stereocenters. The van der Waals surface area contributed by atoms with Crippen molar-refractivity contribution < 1.29 is 35.1 Å². The Morgan fingerprint density at radius 1 is 0.970 bits per heavy atom. The third kappa shape index (κ3) is 4.05. The molecule has 1 aliphatic heterocycles. The first kappa shape index (κ1) is 23.4. The first-order valence-electron chi connectivity index (χ1n) is 9.76. The van der Waals surface area contributed by atoms with E-state index in [1.807, 2.05) is 28.5 Å². The van der Waals surface area contributed by atoms with E-state index >= 15 is 0 Å². The van der Waals surface area contributed by atoms with Crippen LogP contribution in [-0.4, -0.2) is 38.9 Å². The molecule has 176 valence electrons. The fraction of sp³-hybridized carbons (Fsp3) is 0.286. The van der Waals surface area contributed by atoms with E-state index in [0.717, 1.165) is 5.56 Å². The van der Waals surface area contributed by atoms with E-state index in [1.165, 1.54) is 11.3 Å². The molecular formula is C21H17F5N2O3S2. The number of halogens is 5. The lowest BCUT2D eigenvalue weighted by molar-refractivity contribution is 0.356. The molecule has 3 aromatic rings. The summed E-state index contributed by atoms with van der Waals surface area (Å²) in [5.74, 6) is -11.0. The number of methoxy groups -OCH3 is 1. The third-order valence-electron chi connectivity index (χ3n) is 5.48. The lowest BCUT2D eigenvalue weighted by Crippen LogP contribution is -2.40. The van der Waals surface area contributed by atoms with Gasteiger partial charge in [-0.05, 0) is 25.0 Å². The summed E-state index contributed by atoms with van der Waals surface area (Å²) in [6.45, 7) is 0.357. The third-order valence-corrected chi connectivity index (χ3v) is 8.66. The van der Waals surface area contributed by atoms with Crippen molar-refractivity contribution in [2.24, 2.45) is 0 Å². The lowest BCUT2D eigenvalue weighted by atomic mass is 10.1. The molecular weight excluding hydrogens is 487 g/mol. The van der Waals surface area contributed by atoms with Gasteiger partial charge in [0, 0.05) is 24.0 Å². The maximum atomic E-state index is 14.1. The highest BCUT2D eigenvalue weighted by Gasteiger charge is 2.39. The number of sulfone groups is 1. The van der Waals surface area contributed by atoms with Crippen LogP contribution in [-0.2, 0) is 9.84 Å². The Kier molecular flexibility index (Phi) is 6.32. The summed E-state index contributed by atoms with van der Waals surface area (Å²) >= 11 is 1.33. The molecule has 0 unspecified atom stereocenters. The van der Waals surface area contributed by atoms with E-state index in [0.29, 0.717) is 16.6 Å². The van der Waals surface area contributed by atoms with Crippen molar-refractivity contribution in [3.05, 3.63) is 58.7 Å². The van der Waals surface area contributed by atoms with Crippen molar-refractivity contribution in [2.75, 3.05) is 25.1 Å². The highest BCUT2D eigenvalue weighted by molar-refractivity contribution is 7.92. The highest BCUT2D eigenvalue weighted by atomic mass is 32.2. The molecule has 0 saturated carbocycles. The molecule has 2 heterocycles. The topological polar surface area (TPSA) is 59.5 Å². The second-order valence-electron chi connectivity index (χ2n) is 7.35. The van der Waals surface area contributed by atoms with Crippen LogP contribution in [0, 0.1) is 29.1 Å². The minimum absolute atomic E-state index is 0.0641. The largest absolute Gasteiger partial charge is 0.496 e. The van der Waals surface area contributed by atoms with E-state index < -0.39 is 49.1 Å². The molecule has 0 N–H and O–H groups in total. The number of hydrogen-bond acceptors (Lipinski definition) is 6. The molecule has 33 heavy (non-hydrogen) atoms. The molecule has 5 nitrogen and oxygen atoms in total. The minimum Gasteiger partial charge on any atom is -0.496 e. The van der Waals surface area contributed by atoms with Gasteiger partial charge in [-0.15, -0.1) is 11.3 Å². The standard InChI is InChI=1S/C21H17F5N2O3S2/c1-31-14-5-3-2-4-12(14)13-10-32-21(27-13)28-8-6-11(7-9-28)33(29,30)20-18(25)16(23)15(22)17(24)19(20)26/h2-5,10-11H,6-9H2,1H3. The van der Waals surface area contributed by atoms with E-state index in [1.54, 1.807) is 13.2 Å². The van der Waals surface area contributed by atoms with Crippen LogP contribution < -0.4 is 9.64 Å². The molecule has 1 aliphatic rings. The Balaban J connectivity index is 1.54. The number of aromatic nitrogens is 1. The van der Waals surface area contributed by atoms with Gasteiger partial charge in [0.15, 0.2) is 38.2 Å². The van der Waals surface area contributed by atoms with Crippen LogP contribution >= 0.6 is 11.3 Å². The zero-order chi connectivity index (χ0) is 23.9. The summed E-state index contributed by atoms with van der Waals surface area (Å²) in [5, 5.41) is 1.14. The summed E-state index contributed by atoms with van der Waals surface area (Å²) in [5.41, 5.74) is 1.45. The molecule has 4 rings (SSSR count). The van der Waals surface area contributed by atoms with Crippen molar-refractivity contribution in [3.8, 4) is 17.0 Å². The molecule has 0 aliphatic carbocycles. The van der Waals surface area contributed by atoms with Gasteiger partial charge in [-0.25, -0.2) is 35.4 Å². The van der Waals surface area contributed by atoms with Crippen LogP contribution in [0.3, 0.4) is 0 Å². The number of benzene rings is 2. The van der Waals surface area contributed by atoms with Crippen LogP contribution in [0.2, 0.25) is 0 Å². The van der Waals surface area contributed by atoms with Gasteiger partial charge in [0.2, 0.25) is 5.82 Å². The normalized spacial score (nSPS) is 15.2. The molecule has 0 amide bonds. The smallest absolute Gasteiger partial charge is 0.200 e. The Labute approximate surface area is 190 Å². The fourth-order valence-electron chi connectivity index (χ4n) is 3.75. The monoisotopic (exact) mass is 504 g/mol. The number of piperidine rings is 1. The van der Waals surface area contributed by atoms with Crippen molar-refractivity contribution in [2.45, 2.75) is 23.0 Å². The van der Waals surface area contributed by atoms with E-state index in [4.69, 9.17) is 4.74 Å². The van der Waals surface area contributed by atoms with Gasteiger partial charge in [-0.3, -0.25) is 0 Å². The second kappa shape index (κ2) is 8.90. The first-order valence-corrected chi connectivity index (χ1v) is 12.2. The van der Waals surface area contributed by atoms with E-state index in [-0.39, 0.29) is 25.9 Å². The molecule has 2 aromatic carbocycles. The Hall–Kier alpha value is -2.73. The molecule has 0 radical (unpaired) electrons. The highest BCUT2D eigenvalue weighted by Crippen LogP contribution is 2.36. The van der Waals surface area contributed by atoms with Crippen molar-refractivity contribution in [3.63, 3.8) is 0 Å². The number of nitrogens with zero attached hydrogens (tertiary/aromatic N) is 2. The average Bonchev–Trinajstić information content (AvgIpc) is 3.31. The van der Waals surface area contributed by atoms with Gasteiger partial charge >= 0.3 is 0 Å². The van der Waals surface area contributed by atoms with Crippen LogP contribution in [0.15, 0.2) is 34.5 Å². The van der Waals surface area contributed by atoms with E-state index in [2.05, 4.69) is 4.98 Å². The van der Waals surface area contributed by atoms with Crippen molar-refractivity contribution >= 4 is 26.3 Å². The minimum atomic E-state index is -4.79. The summed E-state index contributed by atoms with van der Waals surface area (Å²) < 4.78 is 99.4. The van der Waals surface area contributed by atoms with E-state index in [9.17, 15) is 30.4 Å². The number of anilines is 1. The van der Waals surface area contributed by atoms with Crippen LogP contribution in [0.5, 0.6) is 5.75 Å². The summed E-state index contributed by atoms with van der Waals surface area (Å²) in [6.07, 6.45) is -0.128. The summed E-state index contributed by atoms with van der Waals surface area (Å²) in [6, 6.07) is 7.31. The zero-order valence-corrected chi connectivity index (χ0v) is 18.8. The van der Waals surface area contributed by atoms with Crippen molar-refractivity contribution in [1.29, 1.82) is 0 Å². The average molecular weight is 505 g/mol. The van der Waals surface area contributed by atoms with Gasteiger partial charge in [0.25, 0.3) is 0 Å². The van der Waals surface area contributed by atoms with Crippen LogP contribution in [0.25, 0.3) is 11.3 Å². The summed E-state index contributed by atoms with van der Waals surface area (Å²) in [7, 11) is -3.25. The SMILES string of the molecule is COc1ccccc1-c1csc(N2CCC(S(=O)(=O)c3c(F)c(F)c(F)c(F)c3F)CC2)n1. The summed E-state index contributed by atoms with van der Waals surface area (Å²) in [4.78, 5) is 4.61. The Morgan fingerprint density at radius 2 is 1.55 bits per heavy atom. The number of ether oxygens (including phenoxy) is 1. The predicted octanol–water partition coefficient (Wildman–Crippen LogP) is 4.96. The lowest BCUT2D eigenvalue weighted by Gasteiger charge is -2.31. The predicted molar refractivity (Wildman–Crippen MR) is 113 cm³/mol. The van der Waals surface area contributed by atoms with Gasteiger partial charge in [-0.1, -0.05) is 12.1 Å². The molecule has 1 fully saturated rings. The number of rotatable bonds is 5. The number of hydrogen-bond donors (Lipinski definition) is 0. The Morgan fingerprint density at radius 3 is 2.15 bits per heavy atom. The molecule has 1 aromatic heterocycles. The van der Waals surface area contributed by atoms with Gasteiger partial charge in [0.05, 0.1) is 18.1 Å². The fourth-order valence-corrected chi connectivity index (χ4v) is 6.47. The van der Waals surface area contributed by atoms with Gasteiger partial charge in [-0.2, -0.15) is 0 Å². The van der Waals surface area contributed by atoms with Crippen LogP contribution in [0.1, 0.15) is 12.8 Å². The quantitative estimate of drug-likeness (QED) is 0.213. The molecule has 0 bridgehead atoms. The van der Waals surface area contributed by atoms with Crippen LogP contribution in [0.4, 0.5) is 27.1 Å². The molecule has 0 spiro atoms.